The summed E-state index contributed by atoms with van der Waals surface area (Å²) in [6.45, 7) is 1.14. The van der Waals surface area contributed by atoms with Gasteiger partial charge in [0, 0.05) is 34.1 Å². The van der Waals surface area contributed by atoms with Gasteiger partial charge in [0.2, 0.25) is 0 Å². The number of ether oxygens (including phenoxy) is 1. The Morgan fingerprint density at radius 1 is 1.14 bits per heavy atom. The fraction of sp³-hybridized carbons (Fsp3) is 0.321. The standard InChI is InChI=1S/C28H28ClN3O3S/c1-35-28(34)20-9-7-18(8-10-20)15-30-26(33)24-14-22(29)13-21-11-12-32(25(21)24)16-23-17-36-27(31-23)19-5-3-2-4-6-19/h2-6,11-14,17-18,20H,7-10,15-16H2,1H3,(H,30,33)/t18-,20-. The zero-order chi connectivity index (χ0) is 25.1. The Bertz CT molecular complexity index is 1370. The van der Waals surface area contributed by atoms with Gasteiger partial charge >= 0.3 is 5.97 Å². The Balaban J connectivity index is 1.31. The summed E-state index contributed by atoms with van der Waals surface area (Å²) < 4.78 is 6.94. The van der Waals surface area contributed by atoms with E-state index in [-0.39, 0.29) is 17.8 Å². The molecule has 1 aliphatic rings. The van der Waals surface area contributed by atoms with Crippen molar-refractivity contribution in [2.24, 2.45) is 11.8 Å². The molecule has 0 atom stereocenters. The number of nitrogens with one attached hydrogen (secondary N) is 1. The number of halogens is 1. The van der Waals surface area contributed by atoms with Gasteiger partial charge in [-0.2, -0.15) is 0 Å². The molecule has 8 heteroatoms. The third-order valence-electron chi connectivity index (χ3n) is 6.91. The van der Waals surface area contributed by atoms with E-state index in [9.17, 15) is 9.59 Å². The molecule has 1 N–H and O–H groups in total. The number of nitrogens with zero attached hydrogens (tertiary/aromatic N) is 2. The lowest BCUT2D eigenvalue weighted by Crippen LogP contribution is -2.33. The molecule has 1 fully saturated rings. The summed E-state index contributed by atoms with van der Waals surface area (Å²) in [5, 5.41) is 7.61. The van der Waals surface area contributed by atoms with Crippen LogP contribution in [0.2, 0.25) is 5.02 Å². The van der Waals surface area contributed by atoms with E-state index in [0.29, 0.717) is 29.6 Å². The maximum atomic E-state index is 13.3. The van der Waals surface area contributed by atoms with E-state index in [1.54, 1.807) is 17.4 Å². The number of thiazole rings is 1. The van der Waals surface area contributed by atoms with Crippen LogP contribution in [0, 0.1) is 11.8 Å². The number of rotatable bonds is 7. The van der Waals surface area contributed by atoms with E-state index in [4.69, 9.17) is 21.3 Å². The van der Waals surface area contributed by atoms with Crippen LogP contribution in [0.25, 0.3) is 21.5 Å². The summed E-state index contributed by atoms with van der Waals surface area (Å²) in [7, 11) is 1.44. The summed E-state index contributed by atoms with van der Waals surface area (Å²) in [4.78, 5) is 29.9. The Morgan fingerprint density at radius 3 is 2.67 bits per heavy atom. The zero-order valence-corrected chi connectivity index (χ0v) is 21.6. The number of aromatic nitrogens is 2. The van der Waals surface area contributed by atoms with Crippen molar-refractivity contribution in [3.8, 4) is 10.6 Å². The van der Waals surface area contributed by atoms with Gasteiger partial charge in [0.05, 0.1) is 36.3 Å². The number of esters is 1. The molecule has 36 heavy (non-hydrogen) atoms. The molecule has 0 aliphatic heterocycles. The highest BCUT2D eigenvalue weighted by Gasteiger charge is 2.27. The largest absolute Gasteiger partial charge is 0.469 e. The summed E-state index contributed by atoms with van der Waals surface area (Å²) >= 11 is 7.99. The van der Waals surface area contributed by atoms with Crippen LogP contribution >= 0.6 is 22.9 Å². The number of carbonyl (C=O) groups excluding carboxylic acids is 2. The molecule has 0 radical (unpaired) electrons. The second-order valence-corrected chi connectivity index (χ2v) is 10.6. The van der Waals surface area contributed by atoms with Crippen molar-refractivity contribution in [2.75, 3.05) is 13.7 Å². The molecule has 2 heterocycles. The van der Waals surface area contributed by atoms with E-state index >= 15 is 0 Å². The lowest BCUT2D eigenvalue weighted by Gasteiger charge is -2.27. The number of fused-ring (bicyclic) bond motifs is 1. The lowest BCUT2D eigenvalue weighted by molar-refractivity contribution is -0.146. The highest BCUT2D eigenvalue weighted by molar-refractivity contribution is 7.13. The van der Waals surface area contributed by atoms with Crippen LogP contribution in [0.4, 0.5) is 0 Å². The fourth-order valence-electron chi connectivity index (χ4n) is 4.99. The quantitative estimate of drug-likeness (QED) is 0.295. The third-order valence-corrected chi connectivity index (χ3v) is 8.07. The number of amides is 1. The summed E-state index contributed by atoms with van der Waals surface area (Å²) in [5.41, 5.74) is 3.45. The smallest absolute Gasteiger partial charge is 0.308 e. The molecule has 2 aromatic carbocycles. The molecule has 4 aromatic rings. The summed E-state index contributed by atoms with van der Waals surface area (Å²) in [6.07, 6.45) is 5.38. The molecule has 1 saturated carbocycles. The van der Waals surface area contributed by atoms with Crippen molar-refractivity contribution >= 4 is 45.7 Å². The molecule has 0 spiro atoms. The van der Waals surface area contributed by atoms with Crippen LogP contribution in [-0.2, 0) is 16.1 Å². The van der Waals surface area contributed by atoms with Crippen molar-refractivity contribution in [3.63, 3.8) is 0 Å². The SMILES string of the molecule is COC(=O)[C@H]1CC[C@H](CNC(=O)c2cc(Cl)cc3ccn(Cc4csc(-c5ccccc5)n4)c23)CC1. The highest BCUT2D eigenvalue weighted by Crippen LogP contribution is 2.30. The Kier molecular flexibility index (Phi) is 7.39. The fourth-order valence-corrected chi connectivity index (χ4v) is 6.03. The first-order chi connectivity index (χ1) is 17.5. The molecule has 1 amide bonds. The first-order valence-electron chi connectivity index (χ1n) is 12.2. The Morgan fingerprint density at radius 2 is 1.92 bits per heavy atom. The van der Waals surface area contributed by atoms with Crippen molar-refractivity contribution in [1.29, 1.82) is 0 Å². The number of carbonyl (C=O) groups is 2. The second-order valence-electron chi connectivity index (χ2n) is 9.30. The molecule has 0 bridgehead atoms. The molecule has 186 valence electrons. The van der Waals surface area contributed by atoms with E-state index < -0.39 is 0 Å². The predicted octanol–water partition coefficient (Wildman–Crippen LogP) is 6.18. The minimum absolute atomic E-state index is 0.0223. The van der Waals surface area contributed by atoms with Gasteiger partial charge in [0.25, 0.3) is 5.91 Å². The van der Waals surface area contributed by atoms with Crippen LogP contribution < -0.4 is 5.32 Å². The first-order valence-corrected chi connectivity index (χ1v) is 13.4. The van der Waals surface area contributed by atoms with Crippen molar-refractivity contribution in [1.82, 2.24) is 14.9 Å². The minimum atomic E-state index is -0.138. The first kappa shape index (κ1) is 24.5. The van der Waals surface area contributed by atoms with Crippen LogP contribution in [0.15, 0.2) is 60.1 Å². The number of methoxy groups -OCH3 is 1. The van der Waals surface area contributed by atoms with Crippen molar-refractivity contribution in [2.45, 2.75) is 32.2 Å². The molecular weight excluding hydrogens is 494 g/mol. The lowest BCUT2D eigenvalue weighted by atomic mass is 9.82. The summed E-state index contributed by atoms with van der Waals surface area (Å²) in [6, 6.07) is 15.7. The van der Waals surface area contributed by atoms with E-state index in [1.165, 1.54) is 7.11 Å². The maximum absolute atomic E-state index is 13.3. The van der Waals surface area contributed by atoms with Gasteiger partial charge in [-0.15, -0.1) is 11.3 Å². The van der Waals surface area contributed by atoms with Crippen LogP contribution in [0.5, 0.6) is 0 Å². The molecule has 5 rings (SSSR count). The van der Waals surface area contributed by atoms with E-state index in [0.717, 1.165) is 52.9 Å². The van der Waals surface area contributed by atoms with Gasteiger partial charge in [0.1, 0.15) is 5.01 Å². The molecule has 0 saturated heterocycles. The minimum Gasteiger partial charge on any atom is -0.469 e. The summed E-state index contributed by atoms with van der Waals surface area (Å²) in [5.74, 6) is 0.0602. The Hall–Kier alpha value is -3.16. The number of hydrogen-bond acceptors (Lipinski definition) is 5. The number of hydrogen-bond donors (Lipinski definition) is 1. The molecule has 0 unspecified atom stereocenters. The molecule has 2 aromatic heterocycles. The van der Waals surface area contributed by atoms with Crippen molar-refractivity contribution < 1.29 is 14.3 Å². The monoisotopic (exact) mass is 521 g/mol. The topological polar surface area (TPSA) is 73.2 Å². The van der Waals surface area contributed by atoms with E-state index in [2.05, 4.69) is 27.4 Å². The van der Waals surface area contributed by atoms with Crippen LogP contribution in [0.1, 0.15) is 41.7 Å². The molecule has 6 nitrogen and oxygen atoms in total. The predicted molar refractivity (Wildman–Crippen MR) is 143 cm³/mol. The maximum Gasteiger partial charge on any atom is 0.308 e. The van der Waals surface area contributed by atoms with Crippen molar-refractivity contribution in [3.05, 3.63) is 76.4 Å². The average molecular weight is 522 g/mol. The van der Waals surface area contributed by atoms with Gasteiger partial charge in [-0.25, -0.2) is 4.98 Å². The van der Waals surface area contributed by atoms with Gasteiger partial charge in [0.15, 0.2) is 0 Å². The third kappa shape index (κ3) is 5.32. The number of benzene rings is 2. The second kappa shape index (κ2) is 10.8. The Labute approximate surface area is 219 Å². The van der Waals surface area contributed by atoms with Gasteiger partial charge in [-0.1, -0.05) is 41.9 Å². The van der Waals surface area contributed by atoms with Gasteiger partial charge in [-0.3, -0.25) is 9.59 Å². The van der Waals surface area contributed by atoms with Crippen LogP contribution in [0.3, 0.4) is 0 Å². The molecule has 1 aliphatic carbocycles. The average Bonchev–Trinajstić information content (AvgIpc) is 3.54. The van der Waals surface area contributed by atoms with E-state index in [1.807, 2.05) is 36.5 Å². The molecular formula is C28H28ClN3O3S. The van der Waals surface area contributed by atoms with Gasteiger partial charge in [-0.05, 0) is 49.8 Å². The van der Waals surface area contributed by atoms with Crippen LogP contribution in [-0.4, -0.2) is 35.1 Å². The highest BCUT2D eigenvalue weighted by atomic mass is 35.5. The zero-order valence-electron chi connectivity index (χ0n) is 20.1. The van der Waals surface area contributed by atoms with Gasteiger partial charge < -0.3 is 14.6 Å². The normalized spacial score (nSPS) is 17.7.